The van der Waals surface area contributed by atoms with Crippen LogP contribution in [0.5, 0.6) is 0 Å². The molecule has 1 aromatic carbocycles. The van der Waals surface area contributed by atoms with Crippen molar-refractivity contribution >= 4 is 40.7 Å². The quantitative estimate of drug-likeness (QED) is 0.448. The van der Waals surface area contributed by atoms with Gasteiger partial charge in [-0.15, -0.1) is 0 Å². The van der Waals surface area contributed by atoms with E-state index in [2.05, 4.69) is 38.7 Å². The van der Waals surface area contributed by atoms with Gasteiger partial charge in [0.1, 0.15) is 0 Å². The second-order valence-electron chi connectivity index (χ2n) is 9.19. The standard InChI is InChI=1S/C25H30Cl2N2S/c1-5-17-15-20(23(18-9-10-18)29-13-11-25(3,4)12-14-29)28-16(2)24(17)30-21-8-6-7-19(26)22(21)27/h6-8,15H,5,9-14H2,1-4H3. The van der Waals surface area contributed by atoms with Gasteiger partial charge in [0.15, 0.2) is 0 Å². The molecule has 0 amide bonds. The molecule has 0 N–H and O–H groups in total. The molecule has 0 atom stereocenters. The fourth-order valence-corrected chi connectivity index (χ4v) is 5.69. The van der Waals surface area contributed by atoms with Crippen LogP contribution in [-0.2, 0) is 6.42 Å². The first kappa shape index (κ1) is 22.0. The number of hydrogen-bond acceptors (Lipinski definition) is 3. The van der Waals surface area contributed by atoms with Gasteiger partial charge in [-0.1, -0.05) is 61.8 Å². The summed E-state index contributed by atoms with van der Waals surface area (Å²) in [6.45, 7) is 11.4. The number of aromatic nitrogens is 1. The molecule has 2 aromatic rings. The fourth-order valence-electron chi connectivity index (χ4n) is 4.12. The zero-order chi connectivity index (χ0) is 21.5. The van der Waals surface area contributed by atoms with E-state index in [1.807, 2.05) is 18.2 Å². The number of hydrogen-bond donors (Lipinski definition) is 0. The second kappa shape index (κ2) is 8.76. The Hall–Kier alpha value is -1.16. The van der Waals surface area contributed by atoms with Crippen molar-refractivity contribution in [2.24, 2.45) is 5.41 Å². The summed E-state index contributed by atoms with van der Waals surface area (Å²) in [5.41, 5.74) is 6.97. The highest BCUT2D eigenvalue weighted by Gasteiger charge is 2.31. The van der Waals surface area contributed by atoms with Gasteiger partial charge < -0.3 is 4.90 Å². The maximum absolute atomic E-state index is 6.46. The van der Waals surface area contributed by atoms with E-state index in [1.54, 1.807) is 17.3 Å². The van der Waals surface area contributed by atoms with Crippen LogP contribution in [-0.4, -0.2) is 23.0 Å². The molecule has 160 valence electrons. The minimum Gasteiger partial charge on any atom is -0.370 e. The van der Waals surface area contributed by atoms with Gasteiger partial charge in [-0.2, -0.15) is 0 Å². The van der Waals surface area contributed by atoms with Crippen molar-refractivity contribution in [3.05, 3.63) is 56.8 Å². The third-order valence-electron chi connectivity index (χ3n) is 6.24. The molecule has 1 saturated carbocycles. The van der Waals surface area contributed by atoms with E-state index in [-0.39, 0.29) is 0 Å². The molecule has 0 unspecified atom stereocenters. The van der Waals surface area contributed by atoms with E-state index < -0.39 is 0 Å². The van der Waals surface area contributed by atoms with Crippen LogP contribution in [0.3, 0.4) is 0 Å². The van der Waals surface area contributed by atoms with Crippen LogP contribution in [0.25, 0.3) is 5.70 Å². The summed E-state index contributed by atoms with van der Waals surface area (Å²) in [5.74, 6) is 0. The highest BCUT2D eigenvalue weighted by molar-refractivity contribution is 7.99. The summed E-state index contributed by atoms with van der Waals surface area (Å²) in [5, 5.41) is 1.21. The molecule has 2 aliphatic rings. The summed E-state index contributed by atoms with van der Waals surface area (Å²) in [6.07, 6.45) is 5.87. The Bertz CT molecular complexity index is 981. The van der Waals surface area contributed by atoms with Gasteiger partial charge in [0.2, 0.25) is 0 Å². The molecule has 30 heavy (non-hydrogen) atoms. The van der Waals surface area contributed by atoms with Crippen LogP contribution in [0, 0.1) is 12.3 Å². The van der Waals surface area contributed by atoms with Crippen LogP contribution in [0.2, 0.25) is 10.0 Å². The molecule has 4 rings (SSSR count). The third kappa shape index (κ3) is 4.69. The summed E-state index contributed by atoms with van der Waals surface area (Å²) >= 11 is 14.4. The molecule has 0 spiro atoms. The molecule has 1 aliphatic carbocycles. The molecule has 0 bridgehead atoms. The van der Waals surface area contributed by atoms with Crippen molar-refractivity contribution in [2.75, 3.05) is 13.1 Å². The largest absolute Gasteiger partial charge is 0.370 e. The van der Waals surface area contributed by atoms with Gasteiger partial charge >= 0.3 is 0 Å². The summed E-state index contributed by atoms with van der Waals surface area (Å²) in [6, 6.07) is 8.12. The number of rotatable bonds is 5. The van der Waals surface area contributed by atoms with Gasteiger partial charge in [-0.3, -0.25) is 4.98 Å². The number of likely N-dealkylation sites (tertiary alicyclic amines) is 1. The van der Waals surface area contributed by atoms with Gasteiger partial charge in [0.25, 0.3) is 0 Å². The van der Waals surface area contributed by atoms with Crippen LogP contribution in [0.15, 0.2) is 39.6 Å². The van der Waals surface area contributed by atoms with Crippen molar-refractivity contribution < 1.29 is 0 Å². The molecule has 0 radical (unpaired) electrons. The minimum absolute atomic E-state index is 0.449. The van der Waals surface area contributed by atoms with E-state index in [1.165, 1.54) is 41.8 Å². The summed E-state index contributed by atoms with van der Waals surface area (Å²) in [7, 11) is 0. The molecule has 1 saturated heterocycles. The maximum atomic E-state index is 6.46. The summed E-state index contributed by atoms with van der Waals surface area (Å²) < 4.78 is 0. The predicted molar refractivity (Wildman–Crippen MR) is 130 cm³/mol. The molecule has 1 aromatic heterocycles. The fraction of sp³-hybridized carbons (Fsp3) is 0.480. The number of benzene rings is 1. The van der Waals surface area contributed by atoms with Gasteiger partial charge in [0.05, 0.1) is 27.1 Å². The molecule has 2 heterocycles. The monoisotopic (exact) mass is 460 g/mol. The van der Waals surface area contributed by atoms with E-state index in [0.717, 1.165) is 35.8 Å². The Kier molecular flexibility index (Phi) is 6.44. The lowest BCUT2D eigenvalue weighted by Crippen LogP contribution is -2.36. The van der Waals surface area contributed by atoms with Crippen LogP contribution in [0.1, 0.15) is 63.4 Å². The first-order chi connectivity index (χ1) is 14.3. The number of nitrogens with zero attached hydrogens (tertiary/aromatic N) is 2. The van der Waals surface area contributed by atoms with E-state index >= 15 is 0 Å². The highest BCUT2D eigenvalue weighted by atomic mass is 35.5. The molecule has 2 nitrogen and oxygen atoms in total. The lowest BCUT2D eigenvalue weighted by atomic mass is 9.82. The Balaban J connectivity index is 1.68. The number of aryl methyl sites for hydroxylation is 2. The Morgan fingerprint density at radius 2 is 1.87 bits per heavy atom. The third-order valence-corrected chi connectivity index (χ3v) is 8.49. The second-order valence-corrected chi connectivity index (χ2v) is 11.0. The molecule has 2 fully saturated rings. The Morgan fingerprint density at radius 1 is 1.17 bits per heavy atom. The number of piperidine rings is 1. The normalized spacial score (nSPS) is 17.9. The SMILES string of the molecule is CCc1cc(C(=C2CC2)N2CCC(C)(C)CC2)nc(C)c1Sc1cccc(Cl)c1Cl. The van der Waals surface area contributed by atoms with Crippen LogP contribution in [0.4, 0.5) is 0 Å². The van der Waals surface area contributed by atoms with E-state index in [0.29, 0.717) is 15.5 Å². The first-order valence-corrected chi connectivity index (χ1v) is 12.5. The molecular weight excluding hydrogens is 431 g/mol. The van der Waals surface area contributed by atoms with Crippen molar-refractivity contribution in [2.45, 2.75) is 69.6 Å². The molecule has 5 heteroatoms. The van der Waals surface area contributed by atoms with Gasteiger partial charge in [0, 0.05) is 22.9 Å². The lowest BCUT2D eigenvalue weighted by Gasteiger charge is -2.39. The zero-order valence-electron chi connectivity index (χ0n) is 18.3. The van der Waals surface area contributed by atoms with E-state index in [9.17, 15) is 0 Å². The van der Waals surface area contributed by atoms with Crippen molar-refractivity contribution in [3.63, 3.8) is 0 Å². The Labute approximate surface area is 195 Å². The minimum atomic E-state index is 0.449. The average Bonchev–Trinajstić information content (AvgIpc) is 3.53. The number of allylic oxidation sites excluding steroid dienone is 1. The number of halogens is 2. The van der Waals surface area contributed by atoms with Gasteiger partial charge in [-0.25, -0.2) is 0 Å². The lowest BCUT2D eigenvalue weighted by molar-refractivity contribution is 0.180. The van der Waals surface area contributed by atoms with E-state index in [4.69, 9.17) is 28.2 Å². The Morgan fingerprint density at radius 3 is 2.50 bits per heavy atom. The van der Waals surface area contributed by atoms with Crippen LogP contribution < -0.4 is 0 Å². The van der Waals surface area contributed by atoms with Crippen molar-refractivity contribution in [1.82, 2.24) is 9.88 Å². The maximum Gasteiger partial charge on any atom is 0.0869 e. The zero-order valence-corrected chi connectivity index (χ0v) is 20.6. The molecular formula is C25H30Cl2N2S. The average molecular weight is 462 g/mol. The highest BCUT2D eigenvalue weighted by Crippen LogP contribution is 2.44. The smallest absolute Gasteiger partial charge is 0.0869 e. The first-order valence-electron chi connectivity index (χ1n) is 10.9. The van der Waals surface area contributed by atoms with Gasteiger partial charge in [-0.05, 0) is 73.8 Å². The molecule has 1 aliphatic heterocycles. The van der Waals surface area contributed by atoms with Crippen LogP contribution >= 0.6 is 35.0 Å². The van der Waals surface area contributed by atoms with Crippen molar-refractivity contribution in [1.29, 1.82) is 0 Å². The van der Waals surface area contributed by atoms with Crippen molar-refractivity contribution in [3.8, 4) is 0 Å². The number of pyridine rings is 1. The predicted octanol–water partition coefficient (Wildman–Crippen LogP) is 8.04. The topological polar surface area (TPSA) is 16.1 Å². The summed E-state index contributed by atoms with van der Waals surface area (Å²) in [4.78, 5) is 9.88.